The van der Waals surface area contributed by atoms with Crippen molar-refractivity contribution < 1.29 is 23.8 Å². The number of esters is 1. The van der Waals surface area contributed by atoms with Crippen molar-refractivity contribution >= 4 is 23.2 Å². The van der Waals surface area contributed by atoms with Crippen molar-refractivity contribution in [1.82, 2.24) is 4.90 Å². The number of amides is 1. The number of carbonyl (C=O) groups excluding carboxylic acids is 2. The largest absolute Gasteiger partial charge is 0.496 e. The Morgan fingerprint density at radius 1 is 0.947 bits per heavy atom. The SMILES string of the molecule is COc1cccc2c(-c3ccc4c(c3OC(=O)c3ccccc3)[C@@H](C)N(C=O)[C@H](C)C4)c(C)cc(OC)c12. The summed E-state index contributed by atoms with van der Waals surface area (Å²) in [5.41, 5.74) is 5.03. The molecule has 6 nitrogen and oxygen atoms in total. The fraction of sp³-hybridized carbons (Fsp3) is 0.250. The molecule has 1 heterocycles. The number of carbonyl (C=O) groups is 2. The fourth-order valence-corrected chi connectivity index (χ4v) is 5.69. The zero-order chi connectivity index (χ0) is 27.0. The fourth-order valence-electron chi connectivity index (χ4n) is 5.69. The Bertz CT molecular complexity index is 1530. The van der Waals surface area contributed by atoms with Gasteiger partial charge in [0.25, 0.3) is 0 Å². The molecule has 0 radical (unpaired) electrons. The molecule has 1 aliphatic heterocycles. The average Bonchev–Trinajstić information content (AvgIpc) is 2.93. The van der Waals surface area contributed by atoms with Gasteiger partial charge in [0, 0.05) is 17.2 Å². The van der Waals surface area contributed by atoms with Crippen molar-refractivity contribution in [1.29, 1.82) is 0 Å². The number of ether oxygens (including phenoxy) is 3. The molecule has 0 saturated heterocycles. The Balaban J connectivity index is 1.82. The first-order valence-electron chi connectivity index (χ1n) is 12.7. The Hall–Kier alpha value is -4.32. The zero-order valence-electron chi connectivity index (χ0n) is 22.3. The molecule has 0 saturated carbocycles. The summed E-state index contributed by atoms with van der Waals surface area (Å²) in [5.74, 6) is 1.42. The summed E-state index contributed by atoms with van der Waals surface area (Å²) in [4.78, 5) is 27.3. The molecular weight excluding hydrogens is 478 g/mol. The summed E-state index contributed by atoms with van der Waals surface area (Å²) < 4.78 is 17.7. The first-order chi connectivity index (χ1) is 18.4. The zero-order valence-corrected chi connectivity index (χ0v) is 22.3. The molecule has 0 bridgehead atoms. The van der Waals surface area contributed by atoms with Crippen LogP contribution in [0.25, 0.3) is 21.9 Å². The second-order valence-electron chi connectivity index (χ2n) is 9.71. The van der Waals surface area contributed by atoms with Crippen molar-refractivity contribution in [3.63, 3.8) is 0 Å². The van der Waals surface area contributed by atoms with Crippen molar-refractivity contribution in [2.45, 2.75) is 39.3 Å². The molecule has 0 unspecified atom stereocenters. The van der Waals surface area contributed by atoms with E-state index in [0.29, 0.717) is 29.2 Å². The van der Waals surface area contributed by atoms with E-state index in [4.69, 9.17) is 14.2 Å². The minimum Gasteiger partial charge on any atom is -0.496 e. The number of hydrogen-bond donors (Lipinski definition) is 0. The predicted octanol–water partition coefficient (Wildman–Crippen LogP) is 6.52. The van der Waals surface area contributed by atoms with Crippen LogP contribution in [0.4, 0.5) is 0 Å². The normalized spacial score (nSPS) is 16.6. The quantitative estimate of drug-likeness (QED) is 0.168. The molecule has 194 valence electrons. The van der Waals surface area contributed by atoms with Crippen molar-refractivity contribution in [3.8, 4) is 28.4 Å². The van der Waals surface area contributed by atoms with E-state index < -0.39 is 5.97 Å². The number of hydrogen-bond acceptors (Lipinski definition) is 5. The standard InChI is InChI=1S/C32H31NO5/c1-19-16-27(37-5)30-24(12-9-13-26(30)36-4)28(19)25-15-14-23-17-20(2)33(18-34)21(3)29(23)31(25)38-32(35)22-10-7-6-8-11-22/h6-16,18,20-21H,17H2,1-5H3/t20-,21-/m1/s1. The van der Waals surface area contributed by atoms with Gasteiger partial charge < -0.3 is 19.1 Å². The summed E-state index contributed by atoms with van der Waals surface area (Å²) in [6, 6.07) is 20.7. The second kappa shape index (κ2) is 10.2. The summed E-state index contributed by atoms with van der Waals surface area (Å²) >= 11 is 0. The van der Waals surface area contributed by atoms with E-state index in [1.165, 1.54) is 0 Å². The van der Waals surface area contributed by atoms with Gasteiger partial charge in [-0.05, 0) is 73.5 Å². The molecule has 0 aliphatic carbocycles. The third-order valence-electron chi connectivity index (χ3n) is 7.49. The van der Waals surface area contributed by atoms with Crippen LogP contribution in [0.3, 0.4) is 0 Å². The highest BCUT2D eigenvalue weighted by molar-refractivity contribution is 6.06. The smallest absolute Gasteiger partial charge is 0.343 e. The molecule has 0 N–H and O–H groups in total. The van der Waals surface area contributed by atoms with Gasteiger partial charge in [-0.1, -0.05) is 42.5 Å². The second-order valence-corrected chi connectivity index (χ2v) is 9.71. The first kappa shape index (κ1) is 25.3. The van der Waals surface area contributed by atoms with Gasteiger partial charge in [0.2, 0.25) is 6.41 Å². The lowest BCUT2D eigenvalue weighted by Gasteiger charge is -2.39. The van der Waals surface area contributed by atoms with Crippen LogP contribution in [0.5, 0.6) is 17.2 Å². The van der Waals surface area contributed by atoms with Crippen LogP contribution in [0.15, 0.2) is 66.7 Å². The number of rotatable bonds is 6. The lowest BCUT2D eigenvalue weighted by Crippen LogP contribution is -2.40. The monoisotopic (exact) mass is 509 g/mol. The summed E-state index contributed by atoms with van der Waals surface area (Å²) in [5, 5.41) is 1.76. The number of aryl methyl sites for hydroxylation is 1. The molecule has 1 aliphatic rings. The molecule has 38 heavy (non-hydrogen) atoms. The molecule has 0 aromatic heterocycles. The molecule has 1 amide bonds. The van der Waals surface area contributed by atoms with Gasteiger partial charge in [-0.3, -0.25) is 4.79 Å². The molecule has 2 atom stereocenters. The maximum Gasteiger partial charge on any atom is 0.343 e. The van der Waals surface area contributed by atoms with E-state index in [9.17, 15) is 9.59 Å². The van der Waals surface area contributed by atoms with E-state index >= 15 is 0 Å². The van der Waals surface area contributed by atoms with E-state index in [1.807, 2.05) is 69.3 Å². The van der Waals surface area contributed by atoms with E-state index in [2.05, 4.69) is 6.07 Å². The topological polar surface area (TPSA) is 65.1 Å². The molecule has 4 aromatic rings. The van der Waals surface area contributed by atoms with E-state index in [0.717, 1.165) is 45.0 Å². The van der Waals surface area contributed by atoms with Crippen LogP contribution in [-0.4, -0.2) is 37.5 Å². The Morgan fingerprint density at radius 2 is 1.68 bits per heavy atom. The Labute approximate surface area is 222 Å². The number of fused-ring (bicyclic) bond motifs is 2. The van der Waals surface area contributed by atoms with Gasteiger partial charge in [0.15, 0.2) is 0 Å². The summed E-state index contributed by atoms with van der Waals surface area (Å²) in [6.07, 6.45) is 1.55. The van der Waals surface area contributed by atoms with Crippen molar-refractivity contribution in [2.24, 2.45) is 0 Å². The van der Waals surface area contributed by atoms with Crippen LogP contribution in [0, 0.1) is 6.92 Å². The van der Waals surface area contributed by atoms with Gasteiger partial charge >= 0.3 is 5.97 Å². The number of benzene rings is 4. The maximum absolute atomic E-state index is 13.4. The van der Waals surface area contributed by atoms with Crippen LogP contribution >= 0.6 is 0 Å². The van der Waals surface area contributed by atoms with Crippen LogP contribution in [0.1, 0.15) is 46.9 Å². The van der Waals surface area contributed by atoms with Gasteiger partial charge in [0.05, 0.1) is 31.2 Å². The number of methoxy groups -OCH3 is 2. The third-order valence-corrected chi connectivity index (χ3v) is 7.49. The van der Waals surface area contributed by atoms with Gasteiger partial charge in [0.1, 0.15) is 17.2 Å². The van der Waals surface area contributed by atoms with Crippen molar-refractivity contribution in [2.75, 3.05) is 14.2 Å². The lowest BCUT2D eigenvalue weighted by atomic mass is 9.84. The highest BCUT2D eigenvalue weighted by atomic mass is 16.5. The lowest BCUT2D eigenvalue weighted by molar-refractivity contribution is -0.122. The van der Waals surface area contributed by atoms with Gasteiger partial charge in [-0.2, -0.15) is 0 Å². The molecule has 5 rings (SSSR count). The van der Waals surface area contributed by atoms with Crippen LogP contribution in [0.2, 0.25) is 0 Å². The summed E-state index contributed by atoms with van der Waals surface area (Å²) in [6.45, 7) is 6.03. The third kappa shape index (κ3) is 4.16. The minimum atomic E-state index is -0.447. The Morgan fingerprint density at radius 3 is 2.37 bits per heavy atom. The Kier molecular flexibility index (Phi) is 6.81. The summed E-state index contributed by atoms with van der Waals surface area (Å²) in [7, 11) is 3.28. The molecule has 0 spiro atoms. The molecule has 0 fully saturated rings. The van der Waals surface area contributed by atoms with Crippen LogP contribution < -0.4 is 14.2 Å². The molecule has 6 heteroatoms. The highest BCUT2D eigenvalue weighted by Crippen LogP contribution is 2.48. The average molecular weight is 510 g/mol. The highest BCUT2D eigenvalue weighted by Gasteiger charge is 2.34. The molecule has 4 aromatic carbocycles. The van der Waals surface area contributed by atoms with E-state index in [-0.39, 0.29) is 12.1 Å². The minimum absolute atomic E-state index is 0.0336. The van der Waals surface area contributed by atoms with Crippen molar-refractivity contribution in [3.05, 3.63) is 89.0 Å². The van der Waals surface area contributed by atoms with Gasteiger partial charge in [-0.25, -0.2) is 4.79 Å². The van der Waals surface area contributed by atoms with Gasteiger partial charge in [-0.15, -0.1) is 0 Å². The number of nitrogens with zero attached hydrogens (tertiary/aromatic N) is 1. The van der Waals surface area contributed by atoms with Crippen LogP contribution in [-0.2, 0) is 11.2 Å². The maximum atomic E-state index is 13.4. The first-order valence-corrected chi connectivity index (χ1v) is 12.7. The van der Waals surface area contributed by atoms with E-state index in [1.54, 1.807) is 31.3 Å². The predicted molar refractivity (Wildman–Crippen MR) is 148 cm³/mol. The molecular formula is C32H31NO5.